The third kappa shape index (κ3) is 5.88. The van der Waals surface area contributed by atoms with Crippen molar-refractivity contribution < 1.29 is 4.79 Å². The van der Waals surface area contributed by atoms with E-state index < -0.39 is 0 Å². The van der Waals surface area contributed by atoms with E-state index in [1.165, 1.54) is 27.4 Å². The number of benzene rings is 3. The zero-order valence-electron chi connectivity index (χ0n) is 23.3. The van der Waals surface area contributed by atoms with E-state index in [0.29, 0.717) is 0 Å². The number of para-hydroxylation sites is 1. The molecular formula is C33H41N5O. The molecule has 2 aliphatic rings. The van der Waals surface area contributed by atoms with E-state index in [2.05, 4.69) is 93.0 Å². The number of rotatable bonds is 8. The van der Waals surface area contributed by atoms with Gasteiger partial charge in [-0.2, -0.15) is 0 Å². The van der Waals surface area contributed by atoms with E-state index in [-0.39, 0.29) is 5.91 Å². The van der Waals surface area contributed by atoms with Crippen LogP contribution in [0.25, 0.3) is 21.8 Å². The van der Waals surface area contributed by atoms with Crippen molar-refractivity contribution in [2.75, 3.05) is 72.5 Å². The molecule has 0 N–H and O–H groups in total. The van der Waals surface area contributed by atoms with Gasteiger partial charge in [-0.25, -0.2) is 0 Å². The van der Waals surface area contributed by atoms with Gasteiger partial charge in [0.25, 0.3) is 5.91 Å². The van der Waals surface area contributed by atoms with Gasteiger partial charge < -0.3 is 19.3 Å². The standard InChI is InChI=1S/C33H41N5O/c1-34-18-20-35(21-19-34)15-7-16-38-31-11-6-5-10-29(31)30-13-12-28(26-32(30)38)33(39)37-24-22-36(23-25-37)17-14-27-8-3-2-4-9-27/h2-6,8-13,26H,7,14-25H2,1H3. The fourth-order valence-electron chi connectivity index (χ4n) is 6.24. The lowest BCUT2D eigenvalue weighted by molar-refractivity contribution is 0.0638. The molecule has 39 heavy (non-hydrogen) atoms. The van der Waals surface area contributed by atoms with Crippen LogP contribution in [-0.2, 0) is 13.0 Å². The molecule has 3 heterocycles. The molecule has 2 aliphatic heterocycles. The van der Waals surface area contributed by atoms with Crippen LogP contribution < -0.4 is 0 Å². The lowest BCUT2D eigenvalue weighted by atomic mass is 10.1. The number of piperazine rings is 2. The molecular weight excluding hydrogens is 482 g/mol. The highest BCUT2D eigenvalue weighted by Crippen LogP contribution is 2.30. The van der Waals surface area contributed by atoms with Crippen LogP contribution in [0.5, 0.6) is 0 Å². The number of nitrogens with zero attached hydrogens (tertiary/aromatic N) is 5. The third-order valence-corrected chi connectivity index (χ3v) is 8.69. The van der Waals surface area contributed by atoms with Gasteiger partial charge in [0, 0.05) is 92.8 Å². The number of likely N-dealkylation sites (N-methyl/N-ethyl adjacent to an activating group) is 1. The fraction of sp³-hybridized carbons (Fsp3) is 0.424. The molecule has 0 unspecified atom stereocenters. The summed E-state index contributed by atoms with van der Waals surface area (Å²) in [5.74, 6) is 0.161. The molecule has 1 aromatic heterocycles. The second kappa shape index (κ2) is 11.9. The Labute approximate surface area is 232 Å². The van der Waals surface area contributed by atoms with Crippen molar-refractivity contribution >= 4 is 27.7 Å². The van der Waals surface area contributed by atoms with Crippen molar-refractivity contribution in [1.29, 1.82) is 0 Å². The fourth-order valence-corrected chi connectivity index (χ4v) is 6.24. The number of aryl methyl sites for hydroxylation is 1. The van der Waals surface area contributed by atoms with Crippen LogP contribution in [0, 0.1) is 0 Å². The first kappa shape index (κ1) is 26.1. The summed E-state index contributed by atoms with van der Waals surface area (Å²) >= 11 is 0. The number of hydrogen-bond acceptors (Lipinski definition) is 4. The molecule has 4 aromatic rings. The summed E-state index contributed by atoms with van der Waals surface area (Å²) in [6.45, 7) is 11.2. The molecule has 204 valence electrons. The Morgan fingerprint density at radius 2 is 1.33 bits per heavy atom. The Hall–Kier alpha value is -3.19. The third-order valence-electron chi connectivity index (χ3n) is 8.69. The number of carbonyl (C=O) groups is 1. The molecule has 3 aromatic carbocycles. The van der Waals surface area contributed by atoms with Gasteiger partial charge in [-0.05, 0) is 50.2 Å². The minimum Gasteiger partial charge on any atom is -0.340 e. The van der Waals surface area contributed by atoms with Gasteiger partial charge in [-0.1, -0.05) is 54.6 Å². The molecule has 0 radical (unpaired) electrons. The maximum Gasteiger partial charge on any atom is 0.254 e. The molecule has 6 rings (SSSR count). The van der Waals surface area contributed by atoms with Crippen molar-refractivity contribution in [1.82, 2.24) is 24.2 Å². The summed E-state index contributed by atoms with van der Waals surface area (Å²) in [7, 11) is 2.21. The van der Waals surface area contributed by atoms with E-state index in [0.717, 1.165) is 90.4 Å². The highest BCUT2D eigenvalue weighted by atomic mass is 16.2. The van der Waals surface area contributed by atoms with Crippen molar-refractivity contribution in [3.05, 3.63) is 83.9 Å². The summed E-state index contributed by atoms with van der Waals surface area (Å²) in [6.07, 6.45) is 2.17. The smallest absolute Gasteiger partial charge is 0.254 e. The summed E-state index contributed by atoms with van der Waals surface area (Å²) in [6, 6.07) is 25.7. The minimum atomic E-state index is 0.161. The van der Waals surface area contributed by atoms with Crippen LogP contribution in [0.1, 0.15) is 22.3 Å². The summed E-state index contributed by atoms with van der Waals surface area (Å²) in [5, 5.41) is 2.52. The molecule has 2 fully saturated rings. The van der Waals surface area contributed by atoms with E-state index in [1.807, 2.05) is 11.0 Å². The van der Waals surface area contributed by atoms with Crippen molar-refractivity contribution in [2.45, 2.75) is 19.4 Å². The first-order chi connectivity index (χ1) is 19.2. The molecule has 0 bridgehead atoms. The van der Waals surface area contributed by atoms with Crippen LogP contribution in [0.3, 0.4) is 0 Å². The van der Waals surface area contributed by atoms with Crippen LogP contribution in [0.2, 0.25) is 0 Å². The average Bonchev–Trinajstić information content (AvgIpc) is 3.30. The lowest BCUT2D eigenvalue weighted by Crippen LogP contribution is -2.49. The Morgan fingerprint density at radius 1 is 0.667 bits per heavy atom. The van der Waals surface area contributed by atoms with Gasteiger partial charge >= 0.3 is 0 Å². The van der Waals surface area contributed by atoms with Crippen LogP contribution in [0.4, 0.5) is 0 Å². The monoisotopic (exact) mass is 523 g/mol. The molecule has 1 amide bonds. The first-order valence-electron chi connectivity index (χ1n) is 14.6. The topological polar surface area (TPSA) is 35.0 Å². The van der Waals surface area contributed by atoms with E-state index in [9.17, 15) is 4.79 Å². The average molecular weight is 524 g/mol. The van der Waals surface area contributed by atoms with Crippen molar-refractivity contribution in [3.8, 4) is 0 Å². The minimum absolute atomic E-state index is 0.161. The van der Waals surface area contributed by atoms with Gasteiger partial charge in [0.05, 0.1) is 0 Å². The van der Waals surface area contributed by atoms with Crippen LogP contribution in [-0.4, -0.2) is 103 Å². The quantitative estimate of drug-likeness (QED) is 0.342. The normalized spacial score (nSPS) is 17.8. The van der Waals surface area contributed by atoms with Crippen molar-refractivity contribution in [2.24, 2.45) is 0 Å². The molecule has 2 saturated heterocycles. The molecule has 6 heteroatoms. The molecule has 0 spiro atoms. The lowest BCUT2D eigenvalue weighted by Gasteiger charge is -2.34. The van der Waals surface area contributed by atoms with Gasteiger partial charge in [-0.15, -0.1) is 0 Å². The molecule has 6 nitrogen and oxygen atoms in total. The Bertz CT molecular complexity index is 1400. The Balaban J connectivity index is 1.13. The maximum atomic E-state index is 13.6. The number of amides is 1. The van der Waals surface area contributed by atoms with Gasteiger partial charge in [-0.3, -0.25) is 9.69 Å². The molecule has 0 saturated carbocycles. The van der Waals surface area contributed by atoms with Gasteiger partial charge in [0.2, 0.25) is 0 Å². The second-order valence-electron chi connectivity index (χ2n) is 11.3. The molecule has 0 aliphatic carbocycles. The second-order valence-corrected chi connectivity index (χ2v) is 11.3. The number of hydrogen-bond donors (Lipinski definition) is 0. The van der Waals surface area contributed by atoms with E-state index >= 15 is 0 Å². The van der Waals surface area contributed by atoms with Crippen molar-refractivity contribution in [3.63, 3.8) is 0 Å². The maximum absolute atomic E-state index is 13.6. The Kier molecular flexibility index (Phi) is 7.95. The first-order valence-corrected chi connectivity index (χ1v) is 14.6. The zero-order chi connectivity index (χ0) is 26.6. The zero-order valence-corrected chi connectivity index (χ0v) is 23.3. The molecule has 0 atom stereocenters. The Morgan fingerprint density at radius 3 is 2.13 bits per heavy atom. The summed E-state index contributed by atoms with van der Waals surface area (Å²) < 4.78 is 2.44. The van der Waals surface area contributed by atoms with Gasteiger partial charge in [0.15, 0.2) is 0 Å². The SMILES string of the molecule is CN1CCN(CCCn2c3ccccc3c3ccc(C(=O)N4CCN(CCc5ccccc5)CC4)cc32)CC1. The predicted octanol–water partition coefficient (Wildman–Crippen LogP) is 4.43. The highest BCUT2D eigenvalue weighted by molar-refractivity contribution is 6.10. The van der Waals surface area contributed by atoms with Gasteiger partial charge in [0.1, 0.15) is 0 Å². The summed E-state index contributed by atoms with van der Waals surface area (Å²) in [5.41, 5.74) is 4.64. The highest BCUT2D eigenvalue weighted by Gasteiger charge is 2.23. The van der Waals surface area contributed by atoms with Crippen LogP contribution >= 0.6 is 0 Å². The largest absolute Gasteiger partial charge is 0.340 e. The number of fused-ring (bicyclic) bond motifs is 3. The van der Waals surface area contributed by atoms with Crippen LogP contribution in [0.15, 0.2) is 72.8 Å². The number of carbonyl (C=O) groups excluding carboxylic acids is 1. The summed E-state index contributed by atoms with van der Waals surface area (Å²) in [4.78, 5) is 23.1. The number of aromatic nitrogens is 1. The predicted molar refractivity (Wildman–Crippen MR) is 160 cm³/mol. The van der Waals surface area contributed by atoms with E-state index in [4.69, 9.17) is 0 Å². The van der Waals surface area contributed by atoms with E-state index in [1.54, 1.807) is 0 Å².